The zero-order valence-corrected chi connectivity index (χ0v) is 12.9. The molecule has 3 heterocycles. The van der Waals surface area contributed by atoms with Crippen LogP contribution in [0.15, 0.2) is 29.3 Å². The molecule has 2 nitrogen and oxygen atoms in total. The van der Waals surface area contributed by atoms with E-state index < -0.39 is 0 Å². The molecule has 0 saturated heterocycles. The topological polar surface area (TPSA) is 15.6 Å². The second-order valence-corrected chi connectivity index (χ2v) is 4.80. The molecule has 0 amide bonds. The standard InChI is InChI=1S/C14H13N2.Y/c1-8-11-5-3-4-10-6-7-12-15-9(2)13(8)16(12)14(10)11;/h3-7,9,13H,1-2H3;/q-1;. The molecule has 2 unspecified atom stereocenters. The summed E-state index contributed by atoms with van der Waals surface area (Å²) in [6.07, 6.45) is 4.32. The van der Waals surface area contributed by atoms with Gasteiger partial charge in [0.25, 0.3) is 0 Å². The van der Waals surface area contributed by atoms with Crippen LogP contribution in [-0.4, -0.2) is 17.9 Å². The van der Waals surface area contributed by atoms with E-state index in [2.05, 4.69) is 49.1 Å². The fourth-order valence-corrected chi connectivity index (χ4v) is 3.24. The fraction of sp³-hybridized carbons (Fsp3) is 0.286. The molecule has 2 atom stereocenters. The van der Waals surface area contributed by atoms with Gasteiger partial charge in [-0.1, -0.05) is 30.3 Å². The van der Waals surface area contributed by atoms with Crippen molar-refractivity contribution in [3.05, 3.63) is 41.3 Å². The minimum atomic E-state index is 0. The van der Waals surface area contributed by atoms with Crippen LogP contribution in [0.1, 0.15) is 25.0 Å². The zero-order chi connectivity index (χ0) is 10.9. The van der Waals surface area contributed by atoms with Crippen molar-refractivity contribution in [1.29, 1.82) is 0 Å². The first kappa shape index (κ1) is 11.5. The number of hydrogen-bond donors (Lipinski definition) is 0. The average Bonchev–Trinajstić information content (AvgIpc) is 2.77. The Bertz CT molecular complexity index is 547. The quantitative estimate of drug-likeness (QED) is 0.672. The normalized spacial score (nSPS) is 26.8. The van der Waals surface area contributed by atoms with E-state index in [9.17, 15) is 0 Å². The van der Waals surface area contributed by atoms with Gasteiger partial charge in [-0.25, -0.2) is 0 Å². The second kappa shape index (κ2) is 3.70. The van der Waals surface area contributed by atoms with E-state index in [1.165, 1.54) is 22.7 Å². The summed E-state index contributed by atoms with van der Waals surface area (Å²) in [5.41, 5.74) is 4.11. The van der Waals surface area contributed by atoms with Crippen LogP contribution in [0.5, 0.6) is 0 Å². The molecule has 0 aliphatic carbocycles. The number of nitrogens with zero attached hydrogens (tertiary/aromatic N) is 2. The summed E-state index contributed by atoms with van der Waals surface area (Å²) in [5, 5.41) is 0. The molecule has 1 aromatic rings. The van der Waals surface area contributed by atoms with Crippen LogP contribution in [0.2, 0.25) is 0 Å². The van der Waals surface area contributed by atoms with Gasteiger partial charge in [0, 0.05) is 38.8 Å². The molecule has 3 heteroatoms. The summed E-state index contributed by atoms with van der Waals surface area (Å²) >= 11 is 0. The molecule has 0 saturated carbocycles. The predicted molar refractivity (Wildman–Crippen MR) is 66.7 cm³/mol. The van der Waals surface area contributed by atoms with Crippen LogP contribution in [0.3, 0.4) is 0 Å². The van der Waals surface area contributed by atoms with E-state index in [1.807, 2.05) is 0 Å². The molecule has 17 heavy (non-hydrogen) atoms. The van der Waals surface area contributed by atoms with Crippen molar-refractivity contribution in [2.24, 2.45) is 4.99 Å². The second-order valence-electron chi connectivity index (χ2n) is 4.80. The molecule has 0 fully saturated rings. The predicted octanol–water partition coefficient (Wildman–Crippen LogP) is 2.64. The van der Waals surface area contributed by atoms with E-state index in [0.717, 1.165) is 5.84 Å². The minimum absolute atomic E-state index is 0. The Hall–Kier alpha value is -0.596. The SMILES string of the molecule is C[C-]1c2cccc3c2N2C(=NC(C)C12)C=C3.[Y]. The largest absolute Gasteiger partial charge is 0.381 e. The Balaban J connectivity index is 0.000000902. The maximum Gasteiger partial charge on any atom is 0.116 e. The van der Waals surface area contributed by atoms with Crippen molar-refractivity contribution < 1.29 is 32.7 Å². The van der Waals surface area contributed by atoms with Gasteiger partial charge in [-0.15, -0.1) is 12.0 Å². The van der Waals surface area contributed by atoms with E-state index in [4.69, 9.17) is 4.99 Å². The monoisotopic (exact) mass is 298 g/mol. The summed E-state index contributed by atoms with van der Waals surface area (Å²) in [6.45, 7) is 4.45. The van der Waals surface area contributed by atoms with Crippen molar-refractivity contribution in [3.63, 3.8) is 0 Å². The van der Waals surface area contributed by atoms with Crippen LogP contribution >= 0.6 is 0 Å². The van der Waals surface area contributed by atoms with Gasteiger partial charge in [0.15, 0.2) is 0 Å². The van der Waals surface area contributed by atoms with Crippen LogP contribution in [0.4, 0.5) is 5.69 Å². The third kappa shape index (κ3) is 1.29. The third-order valence-electron chi connectivity index (χ3n) is 3.91. The van der Waals surface area contributed by atoms with Crippen molar-refractivity contribution in [2.45, 2.75) is 25.9 Å². The van der Waals surface area contributed by atoms with Gasteiger partial charge >= 0.3 is 0 Å². The molecular weight excluding hydrogens is 285 g/mol. The number of benzene rings is 1. The van der Waals surface area contributed by atoms with E-state index in [0.29, 0.717) is 12.1 Å². The molecule has 3 aliphatic heterocycles. The molecule has 0 aromatic heterocycles. The van der Waals surface area contributed by atoms with Crippen molar-refractivity contribution in [1.82, 2.24) is 0 Å². The number of amidine groups is 1. The van der Waals surface area contributed by atoms with Crippen molar-refractivity contribution in [2.75, 3.05) is 4.90 Å². The number of rotatable bonds is 0. The average molecular weight is 298 g/mol. The minimum Gasteiger partial charge on any atom is -0.381 e. The third-order valence-corrected chi connectivity index (χ3v) is 3.91. The smallest absolute Gasteiger partial charge is 0.116 e. The molecule has 0 N–H and O–H groups in total. The Kier molecular flexibility index (Phi) is 2.50. The van der Waals surface area contributed by atoms with Gasteiger partial charge in [-0.3, -0.25) is 4.99 Å². The number of aliphatic imine (C=N–C) groups is 1. The summed E-state index contributed by atoms with van der Waals surface area (Å²) in [5.74, 6) is 2.60. The molecule has 83 valence electrons. The maximum absolute atomic E-state index is 4.72. The van der Waals surface area contributed by atoms with Crippen LogP contribution < -0.4 is 4.90 Å². The van der Waals surface area contributed by atoms with Crippen LogP contribution in [-0.2, 0) is 32.7 Å². The van der Waals surface area contributed by atoms with Gasteiger partial charge in [0.2, 0.25) is 0 Å². The molecule has 4 rings (SSSR count). The first-order valence-corrected chi connectivity index (χ1v) is 5.79. The Labute approximate surface area is 127 Å². The molecule has 1 radical (unpaired) electrons. The van der Waals surface area contributed by atoms with Crippen molar-refractivity contribution >= 4 is 17.6 Å². The first-order valence-electron chi connectivity index (χ1n) is 5.79. The zero-order valence-electron chi connectivity index (χ0n) is 10.0. The van der Waals surface area contributed by atoms with Gasteiger partial charge in [0.1, 0.15) is 5.84 Å². The van der Waals surface area contributed by atoms with E-state index >= 15 is 0 Å². The molecule has 1 aromatic carbocycles. The van der Waals surface area contributed by atoms with Gasteiger partial charge < -0.3 is 4.90 Å². The van der Waals surface area contributed by atoms with Crippen molar-refractivity contribution in [3.8, 4) is 0 Å². The fourth-order valence-electron chi connectivity index (χ4n) is 3.24. The summed E-state index contributed by atoms with van der Waals surface area (Å²) in [6, 6.07) is 7.40. The summed E-state index contributed by atoms with van der Waals surface area (Å²) < 4.78 is 0. The number of para-hydroxylation sites is 1. The van der Waals surface area contributed by atoms with Gasteiger partial charge in [-0.05, 0) is 13.0 Å². The van der Waals surface area contributed by atoms with E-state index in [-0.39, 0.29) is 32.7 Å². The molecule has 0 spiro atoms. The summed E-state index contributed by atoms with van der Waals surface area (Å²) in [7, 11) is 0. The number of hydrogen-bond acceptors (Lipinski definition) is 2. The molecular formula is C14H13N2Y-. The Morgan fingerprint density at radius 2 is 2.12 bits per heavy atom. The van der Waals surface area contributed by atoms with E-state index in [1.54, 1.807) is 0 Å². The van der Waals surface area contributed by atoms with Gasteiger partial charge in [0.05, 0.1) is 6.04 Å². The van der Waals surface area contributed by atoms with Crippen LogP contribution in [0.25, 0.3) is 6.08 Å². The summed E-state index contributed by atoms with van der Waals surface area (Å²) in [4.78, 5) is 7.13. The van der Waals surface area contributed by atoms with Gasteiger partial charge in [-0.2, -0.15) is 11.6 Å². The molecule has 0 bridgehead atoms. The maximum atomic E-state index is 4.72. The molecule has 3 aliphatic rings. The van der Waals surface area contributed by atoms with Crippen LogP contribution in [0, 0.1) is 5.92 Å². The first-order chi connectivity index (χ1) is 7.77. The Morgan fingerprint density at radius 3 is 2.94 bits per heavy atom. The Morgan fingerprint density at radius 1 is 1.29 bits per heavy atom. The number of anilines is 1.